The maximum absolute atomic E-state index is 14.1. The van der Waals surface area contributed by atoms with Crippen LogP contribution in [-0.4, -0.2) is 15.9 Å². The number of carbonyl (C=O) groups is 1. The molecule has 0 spiro atoms. The van der Waals surface area contributed by atoms with E-state index in [2.05, 4.69) is 9.97 Å². The predicted octanol–water partition coefficient (Wildman–Crippen LogP) is 7.68. The van der Waals surface area contributed by atoms with Crippen molar-refractivity contribution >= 4 is 40.7 Å². The third-order valence-electron chi connectivity index (χ3n) is 5.10. The summed E-state index contributed by atoms with van der Waals surface area (Å²) in [4.78, 5) is 19.5. The van der Waals surface area contributed by atoms with Gasteiger partial charge in [-0.05, 0) is 60.7 Å². The average Bonchev–Trinajstić information content (AvgIpc) is 3.60. The first-order chi connectivity index (χ1) is 18.7. The molecule has 5 aromatic rings. The van der Waals surface area contributed by atoms with E-state index in [1.165, 1.54) is 6.26 Å². The third-order valence-corrected chi connectivity index (χ3v) is 5.88. The Balaban J connectivity index is 0.000000212. The highest BCUT2D eigenvalue weighted by Crippen LogP contribution is 2.25. The molecule has 0 aliphatic carbocycles. The Kier molecular flexibility index (Phi) is 9.19. The van der Waals surface area contributed by atoms with Crippen LogP contribution in [0, 0.1) is 11.6 Å². The number of primary amides is 1. The molecule has 200 valence electrons. The number of amides is 1. The van der Waals surface area contributed by atoms with Gasteiger partial charge in [-0.25, -0.2) is 18.7 Å². The van der Waals surface area contributed by atoms with Crippen molar-refractivity contribution in [3.63, 3.8) is 0 Å². The van der Waals surface area contributed by atoms with Gasteiger partial charge in [-0.2, -0.15) is 0 Å². The van der Waals surface area contributed by atoms with Gasteiger partial charge in [0.1, 0.15) is 36.2 Å². The predicted molar refractivity (Wildman–Crippen MR) is 143 cm³/mol. The summed E-state index contributed by atoms with van der Waals surface area (Å²) in [6.07, 6.45) is 2.90. The van der Waals surface area contributed by atoms with Crippen LogP contribution >= 0.6 is 34.8 Å². The van der Waals surface area contributed by atoms with Gasteiger partial charge in [0.25, 0.3) is 5.91 Å². The zero-order chi connectivity index (χ0) is 27.9. The first-order valence-electron chi connectivity index (χ1n) is 11.1. The van der Waals surface area contributed by atoms with E-state index in [0.717, 1.165) is 23.4 Å². The second-order valence-corrected chi connectivity index (χ2v) is 8.96. The van der Waals surface area contributed by atoms with Gasteiger partial charge in [0, 0.05) is 21.2 Å². The number of ether oxygens (including phenoxy) is 1. The Hall–Kier alpha value is -3.92. The molecule has 2 aromatic heterocycles. The highest BCUT2D eigenvalue weighted by molar-refractivity contribution is 6.30. The molecule has 5 rings (SSSR count). The molecule has 12 heteroatoms. The number of halogens is 5. The van der Waals surface area contributed by atoms with Gasteiger partial charge >= 0.3 is 0 Å². The lowest BCUT2D eigenvalue weighted by Gasteiger charge is -2.08. The number of rotatable bonds is 7. The van der Waals surface area contributed by atoms with Crippen LogP contribution in [0.5, 0.6) is 5.75 Å². The fourth-order valence-electron chi connectivity index (χ4n) is 3.21. The van der Waals surface area contributed by atoms with Crippen molar-refractivity contribution in [2.45, 2.75) is 12.5 Å². The van der Waals surface area contributed by atoms with E-state index in [0.29, 0.717) is 39.0 Å². The topological polar surface area (TPSA) is 104 Å². The lowest BCUT2D eigenvalue weighted by molar-refractivity contribution is 0.0991. The van der Waals surface area contributed by atoms with Gasteiger partial charge < -0.3 is 19.3 Å². The number of aromatic nitrogens is 2. The van der Waals surface area contributed by atoms with Crippen molar-refractivity contribution in [2.24, 2.45) is 5.73 Å². The number of alkyl halides is 1. The van der Waals surface area contributed by atoms with Crippen molar-refractivity contribution in [2.75, 3.05) is 0 Å². The van der Waals surface area contributed by atoms with E-state index < -0.39 is 23.1 Å². The average molecular weight is 593 g/mol. The summed E-state index contributed by atoms with van der Waals surface area (Å²) in [5.41, 5.74) is 6.83. The molecule has 0 atom stereocenters. The normalized spacial score (nSPS) is 10.6. The summed E-state index contributed by atoms with van der Waals surface area (Å²) in [5.74, 6) is -2.47. The number of hydrogen-bond donors (Lipinski definition) is 1. The zero-order valence-electron chi connectivity index (χ0n) is 19.8. The standard InChI is InChI=1S/C17H11ClF2N2O3.C10H7Cl2NO/c18-10-3-1-9(2-4-10)17-22-11(8-25-17)7-24-13-6-5-12(19)14(15(13)20)16(21)23;11-5-9-6-14-10(13-9)7-1-3-8(12)4-2-7/h1-6,8H,7H2,(H2,21,23);1-4,6H,5H2. The quantitative estimate of drug-likeness (QED) is 0.194. The van der Waals surface area contributed by atoms with E-state index >= 15 is 0 Å². The van der Waals surface area contributed by atoms with Crippen LogP contribution in [0.2, 0.25) is 10.0 Å². The molecular weight excluding hydrogens is 575 g/mol. The Morgan fingerprint density at radius 3 is 1.82 bits per heavy atom. The Bertz CT molecular complexity index is 1570. The SMILES string of the molecule is ClCc1coc(-c2ccc(Cl)cc2)n1.NC(=O)c1c(F)ccc(OCc2coc(-c3ccc(Cl)cc3)n2)c1F. The van der Waals surface area contributed by atoms with Crippen molar-refractivity contribution < 1.29 is 27.1 Å². The summed E-state index contributed by atoms with van der Waals surface area (Å²) in [7, 11) is 0. The van der Waals surface area contributed by atoms with E-state index in [-0.39, 0.29) is 12.4 Å². The van der Waals surface area contributed by atoms with Gasteiger partial charge in [-0.15, -0.1) is 11.6 Å². The number of nitrogens with zero attached hydrogens (tertiary/aromatic N) is 2. The number of benzene rings is 3. The highest BCUT2D eigenvalue weighted by Gasteiger charge is 2.19. The second-order valence-electron chi connectivity index (χ2n) is 7.82. The lowest BCUT2D eigenvalue weighted by atomic mass is 10.1. The minimum atomic E-state index is -1.22. The molecule has 0 aliphatic rings. The van der Waals surface area contributed by atoms with E-state index in [1.54, 1.807) is 42.7 Å². The molecular formula is C27H18Cl3F2N3O4. The van der Waals surface area contributed by atoms with Crippen molar-refractivity contribution in [3.8, 4) is 28.7 Å². The highest BCUT2D eigenvalue weighted by atomic mass is 35.5. The molecule has 7 nitrogen and oxygen atoms in total. The molecule has 3 aromatic carbocycles. The molecule has 0 bridgehead atoms. The minimum absolute atomic E-state index is 0.141. The number of hydrogen-bond acceptors (Lipinski definition) is 6. The summed E-state index contributed by atoms with van der Waals surface area (Å²) >= 11 is 17.2. The number of oxazole rings is 2. The minimum Gasteiger partial charge on any atom is -0.484 e. The molecule has 0 saturated heterocycles. The largest absolute Gasteiger partial charge is 0.484 e. The van der Waals surface area contributed by atoms with Gasteiger partial charge in [0.15, 0.2) is 11.6 Å². The molecule has 0 saturated carbocycles. The molecule has 0 unspecified atom stereocenters. The molecule has 0 radical (unpaired) electrons. The Labute approximate surface area is 236 Å². The smallest absolute Gasteiger partial charge is 0.254 e. The molecule has 0 fully saturated rings. The van der Waals surface area contributed by atoms with Crippen molar-refractivity contribution in [1.29, 1.82) is 0 Å². The maximum atomic E-state index is 14.1. The first kappa shape index (κ1) is 28.1. The van der Waals surface area contributed by atoms with Crippen LogP contribution in [0.15, 0.2) is 82.0 Å². The van der Waals surface area contributed by atoms with Crippen LogP contribution in [0.3, 0.4) is 0 Å². The lowest BCUT2D eigenvalue weighted by Crippen LogP contribution is -2.16. The monoisotopic (exact) mass is 591 g/mol. The number of carbonyl (C=O) groups excluding carboxylic acids is 1. The van der Waals surface area contributed by atoms with E-state index in [1.807, 2.05) is 12.1 Å². The Morgan fingerprint density at radius 1 is 0.821 bits per heavy atom. The fraction of sp³-hybridized carbons (Fsp3) is 0.0741. The van der Waals surface area contributed by atoms with Crippen molar-refractivity contribution in [3.05, 3.63) is 112 Å². The number of nitrogens with two attached hydrogens (primary N) is 1. The van der Waals surface area contributed by atoms with Crippen LogP contribution in [-0.2, 0) is 12.5 Å². The molecule has 39 heavy (non-hydrogen) atoms. The zero-order valence-corrected chi connectivity index (χ0v) is 22.1. The first-order valence-corrected chi connectivity index (χ1v) is 12.4. The van der Waals surface area contributed by atoms with Gasteiger partial charge in [0.2, 0.25) is 11.8 Å². The molecule has 2 N–H and O–H groups in total. The summed E-state index contributed by atoms with van der Waals surface area (Å²) in [5, 5.41) is 1.27. The van der Waals surface area contributed by atoms with Crippen LogP contribution in [0.1, 0.15) is 21.7 Å². The summed E-state index contributed by atoms with van der Waals surface area (Å²) in [6.45, 7) is -0.141. The van der Waals surface area contributed by atoms with Crippen LogP contribution < -0.4 is 10.5 Å². The summed E-state index contributed by atoms with van der Waals surface area (Å²) in [6, 6.07) is 16.1. The Morgan fingerprint density at radius 2 is 1.33 bits per heavy atom. The summed E-state index contributed by atoms with van der Waals surface area (Å²) < 4.78 is 43.3. The third kappa shape index (κ3) is 7.14. The second kappa shape index (κ2) is 12.8. The van der Waals surface area contributed by atoms with Crippen molar-refractivity contribution in [1.82, 2.24) is 9.97 Å². The van der Waals surface area contributed by atoms with E-state index in [9.17, 15) is 13.6 Å². The fourth-order valence-corrected chi connectivity index (χ4v) is 3.59. The maximum Gasteiger partial charge on any atom is 0.254 e. The van der Waals surface area contributed by atoms with Gasteiger partial charge in [-0.1, -0.05) is 23.2 Å². The van der Waals surface area contributed by atoms with Crippen LogP contribution in [0.25, 0.3) is 22.9 Å². The van der Waals surface area contributed by atoms with Crippen LogP contribution in [0.4, 0.5) is 8.78 Å². The van der Waals surface area contributed by atoms with E-state index in [4.69, 9.17) is 54.1 Å². The van der Waals surface area contributed by atoms with Gasteiger partial charge in [-0.3, -0.25) is 4.79 Å². The molecule has 0 aliphatic heterocycles. The van der Waals surface area contributed by atoms with Gasteiger partial charge in [0.05, 0.1) is 11.6 Å². The molecule has 2 heterocycles. The molecule has 1 amide bonds.